The zero-order valence-electron chi connectivity index (χ0n) is 9.61. The van der Waals surface area contributed by atoms with Crippen molar-refractivity contribution < 1.29 is 4.92 Å². The Morgan fingerprint density at radius 1 is 1.47 bits per heavy atom. The Labute approximate surface area is 113 Å². The molecule has 0 fully saturated rings. The first-order valence-electron chi connectivity index (χ1n) is 5.32. The largest absolute Gasteiger partial charge is 0.379 e. The molecule has 1 aromatic carbocycles. The second-order valence-corrected chi connectivity index (χ2v) is 5.45. The molecular formula is C11H15BrN2O2S. The highest BCUT2D eigenvalue weighted by molar-refractivity contribution is 9.10. The maximum absolute atomic E-state index is 10.8. The number of hydrogen-bond donors (Lipinski definition) is 1. The number of nitrogens with zero attached hydrogens (tertiary/aromatic N) is 1. The molecular weight excluding hydrogens is 304 g/mol. The molecule has 0 aliphatic heterocycles. The summed E-state index contributed by atoms with van der Waals surface area (Å²) in [6, 6.07) is 4.93. The van der Waals surface area contributed by atoms with E-state index < -0.39 is 0 Å². The molecule has 0 aliphatic rings. The zero-order chi connectivity index (χ0) is 12.7. The third-order valence-corrected chi connectivity index (χ3v) is 3.44. The van der Waals surface area contributed by atoms with Crippen LogP contribution in [-0.4, -0.2) is 23.5 Å². The van der Waals surface area contributed by atoms with Gasteiger partial charge in [-0.3, -0.25) is 10.1 Å². The van der Waals surface area contributed by atoms with Gasteiger partial charge in [0.1, 0.15) is 5.69 Å². The Bertz CT molecular complexity index is 388. The molecule has 0 bridgehead atoms. The molecule has 0 saturated heterocycles. The van der Waals surface area contributed by atoms with E-state index in [1.54, 1.807) is 12.1 Å². The Balaban J connectivity index is 2.56. The van der Waals surface area contributed by atoms with Crippen LogP contribution in [0.2, 0.25) is 0 Å². The number of anilines is 1. The first-order valence-corrected chi connectivity index (χ1v) is 7.50. The summed E-state index contributed by atoms with van der Waals surface area (Å²) in [5.74, 6) is 1.13. The smallest absolute Gasteiger partial charge is 0.292 e. The van der Waals surface area contributed by atoms with E-state index in [1.807, 2.05) is 11.8 Å². The number of nitro groups is 1. The minimum atomic E-state index is -0.364. The Kier molecular flexibility index (Phi) is 6.36. The van der Waals surface area contributed by atoms with Crippen molar-refractivity contribution in [2.75, 3.05) is 23.9 Å². The van der Waals surface area contributed by atoms with Crippen molar-refractivity contribution in [2.45, 2.75) is 12.8 Å². The third-order valence-electron chi connectivity index (χ3n) is 2.25. The standard InChI is InChI=1S/C11H15BrN2O2S/c1-17-7-3-2-6-13-10-8-9(12)4-5-11(10)14(15)16/h4-5,8,13H,2-3,6-7H2,1H3. The van der Waals surface area contributed by atoms with Crippen molar-refractivity contribution in [1.82, 2.24) is 0 Å². The van der Waals surface area contributed by atoms with Crippen LogP contribution in [0, 0.1) is 10.1 Å². The van der Waals surface area contributed by atoms with Gasteiger partial charge in [-0.05, 0) is 37.0 Å². The molecule has 1 N–H and O–H groups in total. The molecule has 4 nitrogen and oxygen atoms in total. The average molecular weight is 319 g/mol. The monoisotopic (exact) mass is 318 g/mol. The van der Waals surface area contributed by atoms with E-state index in [2.05, 4.69) is 27.5 Å². The van der Waals surface area contributed by atoms with Crippen LogP contribution in [0.3, 0.4) is 0 Å². The molecule has 0 spiro atoms. The summed E-state index contributed by atoms with van der Waals surface area (Å²) in [5.41, 5.74) is 0.701. The second-order valence-electron chi connectivity index (χ2n) is 3.55. The fourth-order valence-corrected chi connectivity index (χ4v) is 2.26. The van der Waals surface area contributed by atoms with Gasteiger partial charge in [0.25, 0.3) is 5.69 Å². The highest BCUT2D eigenvalue weighted by Crippen LogP contribution is 2.27. The molecule has 0 heterocycles. The summed E-state index contributed by atoms with van der Waals surface area (Å²) < 4.78 is 0.842. The summed E-state index contributed by atoms with van der Waals surface area (Å²) in [6.07, 6.45) is 4.22. The molecule has 1 rings (SSSR count). The van der Waals surface area contributed by atoms with E-state index in [9.17, 15) is 10.1 Å². The molecule has 0 amide bonds. The summed E-state index contributed by atoms with van der Waals surface area (Å²) in [7, 11) is 0. The van der Waals surface area contributed by atoms with Gasteiger partial charge in [0.15, 0.2) is 0 Å². The lowest BCUT2D eigenvalue weighted by molar-refractivity contribution is -0.384. The fraction of sp³-hybridized carbons (Fsp3) is 0.455. The van der Waals surface area contributed by atoms with Crippen molar-refractivity contribution in [3.8, 4) is 0 Å². The van der Waals surface area contributed by atoms with Crippen LogP contribution in [-0.2, 0) is 0 Å². The van der Waals surface area contributed by atoms with Crippen molar-refractivity contribution in [1.29, 1.82) is 0 Å². The summed E-state index contributed by atoms with van der Waals surface area (Å²) in [5, 5.41) is 13.9. The van der Waals surface area contributed by atoms with Gasteiger partial charge in [-0.25, -0.2) is 0 Å². The number of halogens is 1. The van der Waals surface area contributed by atoms with Gasteiger partial charge in [0.2, 0.25) is 0 Å². The van der Waals surface area contributed by atoms with Crippen LogP contribution in [0.4, 0.5) is 11.4 Å². The molecule has 17 heavy (non-hydrogen) atoms. The van der Waals surface area contributed by atoms with Gasteiger partial charge in [-0.2, -0.15) is 11.8 Å². The van der Waals surface area contributed by atoms with Gasteiger partial charge in [0, 0.05) is 17.1 Å². The molecule has 0 radical (unpaired) electrons. The molecule has 0 saturated carbocycles. The number of rotatable bonds is 7. The van der Waals surface area contributed by atoms with Crippen LogP contribution >= 0.6 is 27.7 Å². The molecule has 0 unspecified atom stereocenters. The summed E-state index contributed by atoms with van der Waals surface area (Å²) in [4.78, 5) is 10.5. The number of nitrogens with one attached hydrogen (secondary N) is 1. The molecule has 6 heteroatoms. The lowest BCUT2D eigenvalue weighted by Crippen LogP contribution is -2.04. The van der Waals surface area contributed by atoms with Crippen LogP contribution in [0.1, 0.15) is 12.8 Å². The number of unbranched alkanes of at least 4 members (excludes halogenated alkanes) is 1. The normalized spacial score (nSPS) is 10.2. The topological polar surface area (TPSA) is 55.2 Å². The van der Waals surface area contributed by atoms with Gasteiger partial charge in [0.05, 0.1) is 4.92 Å². The van der Waals surface area contributed by atoms with Gasteiger partial charge in [-0.1, -0.05) is 15.9 Å². The van der Waals surface area contributed by atoms with Crippen molar-refractivity contribution >= 4 is 39.1 Å². The van der Waals surface area contributed by atoms with E-state index in [1.165, 1.54) is 6.07 Å². The average Bonchev–Trinajstić information content (AvgIpc) is 2.28. The molecule has 0 aromatic heterocycles. The third kappa shape index (κ3) is 4.95. The number of thioether (sulfide) groups is 1. The second kappa shape index (κ2) is 7.55. The minimum Gasteiger partial charge on any atom is -0.379 e. The van der Waals surface area contributed by atoms with E-state index >= 15 is 0 Å². The number of benzene rings is 1. The highest BCUT2D eigenvalue weighted by Gasteiger charge is 2.12. The first kappa shape index (κ1) is 14.3. The van der Waals surface area contributed by atoms with E-state index in [0.717, 1.165) is 29.6 Å². The predicted molar refractivity (Wildman–Crippen MR) is 76.9 cm³/mol. The van der Waals surface area contributed by atoms with Crippen LogP contribution in [0.25, 0.3) is 0 Å². The maximum atomic E-state index is 10.8. The van der Waals surface area contributed by atoms with Gasteiger partial charge >= 0.3 is 0 Å². The summed E-state index contributed by atoms with van der Waals surface area (Å²) in [6.45, 7) is 0.762. The van der Waals surface area contributed by atoms with E-state index in [4.69, 9.17) is 0 Å². The predicted octanol–water partition coefficient (Wildman–Crippen LogP) is 3.91. The van der Waals surface area contributed by atoms with Gasteiger partial charge < -0.3 is 5.32 Å². The van der Waals surface area contributed by atoms with Crippen LogP contribution in [0.5, 0.6) is 0 Å². The van der Waals surface area contributed by atoms with Crippen LogP contribution in [0.15, 0.2) is 22.7 Å². The maximum Gasteiger partial charge on any atom is 0.292 e. The Morgan fingerprint density at radius 3 is 2.88 bits per heavy atom. The van der Waals surface area contributed by atoms with Crippen molar-refractivity contribution in [2.24, 2.45) is 0 Å². The number of nitro benzene ring substituents is 1. The number of hydrogen-bond acceptors (Lipinski definition) is 4. The molecule has 1 aromatic rings. The van der Waals surface area contributed by atoms with E-state index in [0.29, 0.717) is 5.69 Å². The molecule has 94 valence electrons. The minimum absolute atomic E-state index is 0.123. The van der Waals surface area contributed by atoms with Crippen LogP contribution < -0.4 is 5.32 Å². The zero-order valence-corrected chi connectivity index (χ0v) is 12.0. The SMILES string of the molecule is CSCCCCNc1cc(Br)ccc1[N+](=O)[O-]. The Morgan fingerprint density at radius 2 is 2.24 bits per heavy atom. The summed E-state index contributed by atoms with van der Waals surface area (Å²) >= 11 is 5.13. The lowest BCUT2D eigenvalue weighted by Gasteiger charge is -2.07. The first-order chi connectivity index (χ1) is 8.15. The van der Waals surface area contributed by atoms with Crippen molar-refractivity contribution in [3.63, 3.8) is 0 Å². The van der Waals surface area contributed by atoms with E-state index in [-0.39, 0.29) is 10.6 Å². The van der Waals surface area contributed by atoms with Gasteiger partial charge in [-0.15, -0.1) is 0 Å². The Hall–Kier alpha value is -0.750. The fourth-order valence-electron chi connectivity index (χ4n) is 1.40. The lowest BCUT2D eigenvalue weighted by atomic mass is 10.2. The van der Waals surface area contributed by atoms with Crippen molar-refractivity contribution in [3.05, 3.63) is 32.8 Å². The molecule has 0 aliphatic carbocycles. The molecule has 0 atom stereocenters. The highest BCUT2D eigenvalue weighted by atomic mass is 79.9. The quantitative estimate of drug-likeness (QED) is 0.470.